The molecule has 2 aliphatic rings. The minimum Gasteiger partial charge on any atom is -0.468 e. The van der Waals surface area contributed by atoms with E-state index < -0.39 is 0 Å². The molecule has 2 atom stereocenters. The van der Waals surface area contributed by atoms with Crippen molar-refractivity contribution in [2.45, 2.75) is 19.6 Å². The second-order valence-corrected chi connectivity index (χ2v) is 7.67. The number of nitrogens with zero attached hydrogens (tertiary/aromatic N) is 3. The van der Waals surface area contributed by atoms with Crippen LogP contribution in [0.1, 0.15) is 17.7 Å². The summed E-state index contributed by atoms with van der Waals surface area (Å²) >= 11 is 0. The molecule has 0 amide bonds. The molecular formula is C20H27N3O2. The van der Waals surface area contributed by atoms with Gasteiger partial charge in [0.1, 0.15) is 5.76 Å². The van der Waals surface area contributed by atoms with Crippen LogP contribution in [0.4, 0.5) is 0 Å². The molecule has 0 N–H and O–H groups in total. The van der Waals surface area contributed by atoms with Crippen molar-refractivity contribution in [3.05, 3.63) is 54.2 Å². The van der Waals surface area contributed by atoms with Crippen LogP contribution in [-0.4, -0.2) is 54.6 Å². The maximum absolute atomic E-state index is 6.08. The standard InChI is InChI=1S/C20H27N3O2/c1-22-11-18(14-24-13-17-4-2-7-21-10-17)20(15-22)6-8-23(16-20)12-19-5-3-9-25-19/h2-5,7,9-10,18H,6,8,11-16H2,1H3/t18-,20+/m1/s1. The van der Waals surface area contributed by atoms with Gasteiger partial charge in [-0.25, -0.2) is 0 Å². The van der Waals surface area contributed by atoms with Gasteiger partial charge in [0.05, 0.1) is 26.0 Å². The Morgan fingerprint density at radius 1 is 1.32 bits per heavy atom. The molecule has 4 rings (SSSR count). The zero-order valence-corrected chi connectivity index (χ0v) is 14.9. The molecule has 1 spiro atoms. The molecule has 0 unspecified atom stereocenters. The van der Waals surface area contributed by atoms with Crippen molar-refractivity contribution in [1.29, 1.82) is 0 Å². The van der Waals surface area contributed by atoms with Gasteiger partial charge in [-0.3, -0.25) is 9.88 Å². The smallest absolute Gasteiger partial charge is 0.117 e. The minimum atomic E-state index is 0.357. The predicted molar refractivity (Wildman–Crippen MR) is 95.9 cm³/mol. The van der Waals surface area contributed by atoms with Crippen LogP contribution in [0.2, 0.25) is 0 Å². The Balaban J connectivity index is 1.34. The normalized spacial score (nSPS) is 27.5. The highest BCUT2D eigenvalue weighted by Gasteiger charge is 2.49. The summed E-state index contributed by atoms with van der Waals surface area (Å²) in [6.45, 7) is 6.98. The number of furan rings is 1. The molecule has 2 aliphatic heterocycles. The summed E-state index contributed by atoms with van der Waals surface area (Å²) in [5, 5.41) is 0. The van der Waals surface area contributed by atoms with Crippen molar-refractivity contribution < 1.29 is 9.15 Å². The summed E-state index contributed by atoms with van der Waals surface area (Å²) in [7, 11) is 2.23. The molecule has 25 heavy (non-hydrogen) atoms. The molecule has 0 saturated carbocycles. The molecule has 0 bridgehead atoms. The number of hydrogen-bond donors (Lipinski definition) is 0. The fraction of sp³-hybridized carbons (Fsp3) is 0.550. The van der Waals surface area contributed by atoms with Crippen LogP contribution >= 0.6 is 0 Å². The van der Waals surface area contributed by atoms with Crippen molar-refractivity contribution >= 4 is 0 Å². The first kappa shape index (κ1) is 16.8. The Kier molecular flexibility index (Phi) is 4.88. The van der Waals surface area contributed by atoms with Crippen LogP contribution < -0.4 is 0 Å². The van der Waals surface area contributed by atoms with Gasteiger partial charge in [-0.1, -0.05) is 6.07 Å². The van der Waals surface area contributed by atoms with E-state index in [2.05, 4.69) is 34.0 Å². The molecule has 134 valence electrons. The first-order valence-corrected chi connectivity index (χ1v) is 9.13. The maximum Gasteiger partial charge on any atom is 0.117 e. The molecule has 4 heterocycles. The van der Waals surface area contributed by atoms with Gasteiger partial charge in [0.25, 0.3) is 0 Å². The summed E-state index contributed by atoms with van der Waals surface area (Å²) in [5.74, 6) is 1.66. The van der Waals surface area contributed by atoms with Crippen LogP contribution in [0.15, 0.2) is 47.3 Å². The molecule has 0 aliphatic carbocycles. The third-order valence-corrected chi connectivity index (χ3v) is 5.72. The highest BCUT2D eigenvalue weighted by Crippen LogP contribution is 2.44. The lowest BCUT2D eigenvalue weighted by molar-refractivity contribution is 0.0512. The molecule has 2 fully saturated rings. The second-order valence-electron chi connectivity index (χ2n) is 7.67. The molecule has 0 aromatic carbocycles. The highest BCUT2D eigenvalue weighted by molar-refractivity contribution is 5.07. The summed E-state index contributed by atoms with van der Waals surface area (Å²) in [6.07, 6.45) is 6.70. The molecule has 2 aromatic rings. The van der Waals surface area contributed by atoms with E-state index in [9.17, 15) is 0 Å². The predicted octanol–water partition coefficient (Wildman–Crippen LogP) is 2.65. The van der Waals surface area contributed by atoms with Gasteiger partial charge in [0.15, 0.2) is 0 Å². The van der Waals surface area contributed by atoms with Gasteiger partial charge in [-0.2, -0.15) is 0 Å². The molecule has 0 radical (unpaired) electrons. The lowest BCUT2D eigenvalue weighted by Crippen LogP contribution is -2.36. The van der Waals surface area contributed by atoms with E-state index in [1.165, 1.54) is 13.0 Å². The van der Waals surface area contributed by atoms with E-state index in [0.29, 0.717) is 17.9 Å². The third kappa shape index (κ3) is 3.78. The van der Waals surface area contributed by atoms with Crippen LogP contribution in [-0.2, 0) is 17.9 Å². The SMILES string of the molecule is CN1C[C@H](COCc2cccnc2)[C@@]2(CCN(Cc3ccco3)C2)C1. The van der Waals surface area contributed by atoms with E-state index in [1.54, 1.807) is 12.5 Å². The quantitative estimate of drug-likeness (QED) is 0.808. The fourth-order valence-electron chi connectivity index (χ4n) is 4.54. The number of likely N-dealkylation sites (tertiary alicyclic amines) is 2. The van der Waals surface area contributed by atoms with Crippen molar-refractivity contribution in [2.75, 3.05) is 39.8 Å². The van der Waals surface area contributed by atoms with Crippen LogP contribution in [0.5, 0.6) is 0 Å². The van der Waals surface area contributed by atoms with E-state index in [-0.39, 0.29) is 0 Å². The monoisotopic (exact) mass is 341 g/mol. The zero-order chi connectivity index (χ0) is 17.1. The Bertz CT molecular complexity index is 661. The zero-order valence-electron chi connectivity index (χ0n) is 14.9. The number of rotatable bonds is 6. The summed E-state index contributed by atoms with van der Waals surface area (Å²) in [6, 6.07) is 8.08. The van der Waals surface area contributed by atoms with Crippen molar-refractivity contribution in [3.8, 4) is 0 Å². The largest absolute Gasteiger partial charge is 0.468 e. The molecule has 5 heteroatoms. The van der Waals surface area contributed by atoms with E-state index in [4.69, 9.17) is 9.15 Å². The highest BCUT2D eigenvalue weighted by atomic mass is 16.5. The van der Waals surface area contributed by atoms with E-state index in [0.717, 1.165) is 44.1 Å². The average Bonchev–Trinajstić information content (AvgIpc) is 3.32. The average molecular weight is 341 g/mol. The molecule has 5 nitrogen and oxygen atoms in total. The van der Waals surface area contributed by atoms with Crippen molar-refractivity contribution in [2.24, 2.45) is 11.3 Å². The number of hydrogen-bond acceptors (Lipinski definition) is 5. The van der Waals surface area contributed by atoms with E-state index in [1.807, 2.05) is 18.3 Å². The Morgan fingerprint density at radius 3 is 3.08 bits per heavy atom. The van der Waals surface area contributed by atoms with Crippen molar-refractivity contribution in [1.82, 2.24) is 14.8 Å². The third-order valence-electron chi connectivity index (χ3n) is 5.72. The van der Waals surface area contributed by atoms with Crippen LogP contribution in [0, 0.1) is 11.3 Å². The number of ether oxygens (including phenoxy) is 1. The second kappa shape index (κ2) is 7.28. The topological polar surface area (TPSA) is 41.7 Å². The van der Waals surface area contributed by atoms with Gasteiger partial charge in [0.2, 0.25) is 0 Å². The maximum atomic E-state index is 6.08. The Labute approximate surface area is 149 Å². The van der Waals surface area contributed by atoms with Crippen molar-refractivity contribution in [3.63, 3.8) is 0 Å². The van der Waals surface area contributed by atoms with Crippen LogP contribution in [0.25, 0.3) is 0 Å². The minimum absolute atomic E-state index is 0.357. The van der Waals surface area contributed by atoms with Gasteiger partial charge < -0.3 is 14.1 Å². The lowest BCUT2D eigenvalue weighted by atomic mass is 9.77. The van der Waals surface area contributed by atoms with Gasteiger partial charge in [-0.05, 0) is 43.8 Å². The van der Waals surface area contributed by atoms with Gasteiger partial charge in [0, 0.05) is 43.4 Å². The van der Waals surface area contributed by atoms with Gasteiger partial charge >= 0.3 is 0 Å². The first-order valence-electron chi connectivity index (χ1n) is 9.13. The van der Waals surface area contributed by atoms with E-state index >= 15 is 0 Å². The summed E-state index contributed by atoms with van der Waals surface area (Å²) in [4.78, 5) is 9.16. The lowest BCUT2D eigenvalue weighted by Gasteiger charge is -2.30. The number of pyridine rings is 1. The first-order chi connectivity index (χ1) is 12.2. The Hall–Kier alpha value is -1.69. The Morgan fingerprint density at radius 2 is 2.28 bits per heavy atom. The molecule has 2 aromatic heterocycles. The fourth-order valence-corrected chi connectivity index (χ4v) is 4.54. The van der Waals surface area contributed by atoms with Gasteiger partial charge in [-0.15, -0.1) is 0 Å². The summed E-state index contributed by atoms with van der Waals surface area (Å²) < 4.78 is 11.6. The molecular weight excluding hydrogens is 314 g/mol. The molecule has 2 saturated heterocycles. The van der Waals surface area contributed by atoms with Crippen LogP contribution in [0.3, 0.4) is 0 Å². The summed E-state index contributed by atoms with van der Waals surface area (Å²) in [5.41, 5.74) is 1.50. The number of aromatic nitrogens is 1.